The Morgan fingerprint density at radius 2 is 1.74 bits per heavy atom. The molecule has 2 aromatic carbocycles. The van der Waals surface area contributed by atoms with Crippen molar-refractivity contribution in [1.29, 1.82) is 4.78 Å². The van der Waals surface area contributed by atoms with Gasteiger partial charge in [-0.1, -0.05) is 41.9 Å². The Morgan fingerprint density at radius 3 is 2.45 bits per heavy atom. The third kappa shape index (κ3) is 4.15. The maximum Gasteiger partial charge on any atom is 0.264 e. The molecule has 194 valence electrons. The highest BCUT2D eigenvalue weighted by Gasteiger charge is 2.27. The molecule has 3 heterocycles. The second-order valence-corrected chi connectivity index (χ2v) is 12.1. The van der Waals surface area contributed by atoms with Gasteiger partial charge in [0.25, 0.3) is 5.56 Å². The van der Waals surface area contributed by atoms with E-state index in [1.165, 1.54) is 23.2 Å². The Bertz CT molecular complexity index is 1910. The van der Waals surface area contributed by atoms with Crippen molar-refractivity contribution in [2.24, 2.45) is 0 Å². The molecule has 0 bridgehead atoms. The van der Waals surface area contributed by atoms with E-state index in [4.69, 9.17) is 16.4 Å². The normalized spacial score (nSPS) is 14.0. The van der Waals surface area contributed by atoms with Crippen molar-refractivity contribution >= 4 is 49.0 Å². The molecule has 0 radical (unpaired) electrons. The van der Waals surface area contributed by atoms with Gasteiger partial charge < -0.3 is 10.3 Å². The van der Waals surface area contributed by atoms with Gasteiger partial charge in [-0.15, -0.1) is 0 Å². The number of rotatable bonds is 6. The number of aromatic nitrogens is 4. The zero-order valence-corrected chi connectivity index (χ0v) is 22.4. The van der Waals surface area contributed by atoms with Crippen molar-refractivity contribution in [3.8, 4) is 5.69 Å². The van der Waals surface area contributed by atoms with Crippen molar-refractivity contribution in [1.82, 2.24) is 19.5 Å². The summed E-state index contributed by atoms with van der Waals surface area (Å²) < 4.78 is 23.5. The van der Waals surface area contributed by atoms with Crippen LogP contribution in [-0.2, 0) is 9.73 Å². The average Bonchev–Trinajstić information content (AvgIpc) is 2.90. The van der Waals surface area contributed by atoms with E-state index in [0.29, 0.717) is 22.4 Å². The van der Waals surface area contributed by atoms with Gasteiger partial charge in [0.15, 0.2) is 5.43 Å². The lowest BCUT2D eigenvalue weighted by molar-refractivity contribution is 0.668. The summed E-state index contributed by atoms with van der Waals surface area (Å²) in [6.07, 6.45) is 2.85. The molecule has 9 nitrogen and oxygen atoms in total. The molecule has 0 saturated carbocycles. The summed E-state index contributed by atoms with van der Waals surface area (Å²) in [5, 5.41) is 3.81. The Morgan fingerprint density at radius 1 is 1.00 bits per heavy atom. The van der Waals surface area contributed by atoms with E-state index in [-0.39, 0.29) is 31.9 Å². The maximum atomic E-state index is 14.2. The van der Waals surface area contributed by atoms with E-state index in [9.17, 15) is 13.8 Å². The molecule has 0 amide bonds. The van der Waals surface area contributed by atoms with E-state index < -0.39 is 26.6 Å². The number of fused-ring (bicyclic) bond motifs is 2. The number of anilines is 1. The van der Waals surface area contributed by atoms with Gasteiger partial charge in [0.2, 0.25) is 0 Å². The van der Waals surface area contributed by atoms with Crippen LogP contribution < -0.4 is 16.3 Å². The molecule has 3 aromatic heterocycles. The number of aromatic amines is 1. The summed E-state index contributed by atoms with van der Waals surface area (Å²) >= 11 is 7.03. The number of hydrogen-bond donors (Lipinski definition) is 3. The number of nitrogens with one attached hydrogen (secondary N) is 3. The summed E-state index contributed by atoms with van der Waals surface area (Å²) in [6.45, 7) is 5.20. The van der Waals surface area contributed by atoms with E-state index in [1.807, 2.05) is 13.0 Å². The summed E-state index contributed by atoms with van der Waals surface area (Å²) in [7, 11) is -3.30. The van der Waals surface area contributed by atoms with Crippen molar-refractivity contribution in [3.63, 3.8) is 0 Å². The summed E-state index contributed by atoms with van der Waals surface area (Å²) in [6, 6.07) is 14.7. The topological polar surface area (TPSA) is 134 Å². The van der Waals surface area contributed by atoms with Gasteiger partial charge in [0, 0.05) is 28.6 Å². The quantitative estimate of drug-likeness (QED) is 0.265. The molecule has 3 N–H and O–H groups in total. The molecule has 0 aliphatic carbocycles. The second kappa shape index (κ2) is 9.70. The van der Waals surface area contributed by atoms with Crippen LogP contribution in [0.25, 0.3) is 27.5 Å². The van der Waals surface area contributed by atoms with Crippen LogP contribution in [0.3, 0.4) is 0 Å². The molecule has 5 rings (SSSR count). The number of hydrogen-bond acceptors (Lipinski definition) is 7. The molecule has 0 spiro atoms. The van der Waals surface area contributed by atoms with Gasteiger partial charge in [-0.2, -0.15) is 0 Å². The summed E-state index contributed by atoms with van der Waals surface area (Å²) in [5.74, 6) is 0.287. The first kappa shape index (κ1) is 25.6. The molecule has 38 heavy (non-hydrogen) atoms. The lowest BCUT2D eigenvalue weighted by Gasteiger charge is -2.24. The highest BCUT2D eigenvalue weighted by atomic mass is 35.5. The molecule has 2 atom stereocenters. The van der Waals surface area contributed by atoms with Crippen LogP contribution in [0.2, 0.25) is 5.02 Å². The zero-order chi connectivity index (χ0) is 27.2. The van der Waals surface area contributed by atoms with Crippen LogP contribution in [0.4, 0.5) is 5.82 Å². The Kier molecular flexibility index (Phi) is 6.54. The molecule has 0 saturated heterocycles. The van der Waals surface area contributed by atoms with Gasteiger partial charge in [-0.25, -0.2) is 19.0 Å². The first-order valence-corrected chi connectivity index (χ1v) is 13.9. The molecular weight excluding hydrogens is 524 g/mol. The zero-order valence-electron chi connectivity index (χ0n) is 20.9. The minimum atomic E-state index is -3.30. The van der Waals surface area contributed by atoms with Crippen molar-refractivity contribution < 1.29 is 4.21 Å². The summed E-state index contributed by atoms with van der Waals surface area (Å²) in [5.41, 5.74) is 0.637. The van der Waals surface area contributed by atoms with Gasteiger partial charge in [0.1, 0.15) is 23.2 Å². The van der Waals surface area contributed by atoms with Gasteiger partial charge >= 0.3 is 0 Å². The highest BCUT2D eigenvalue weighted by Crippen LogP contribution is 2.35. The number of H-pyrrole nitrogens is 1. The Balaban J connectivity index is 1.82. The summed E-state index contributed by atoms with van der Waals surface area (Å²) in [4.78, 5) is 38.3. The molecular formula is C27H25ClN6O3S. The third-order valence-corrected chi connectivity index (χ3v) is 9.18. The lowest BCUT2D eigenvalue weighted by atomic mass is 10.1. The first-order chi connectivity index (χ1) is 18.1. The molecule has 0 aliphatic rings. The Hall–Kier alpha value is -4.02. The van der Waals surface area contributed by atoms with Crippen LogP contribution in [0.5, 0.6) is 0 Å². The van der Waals surface area contributed by atoms with Gasteiger partial charge in [-0.3, -0.25) is 14.2 Å². The molecule has 0 aliphatic heterocycles. The maximum absolute atomic E-state index is 14.2. The van der Waals surface area contributed by atoms with E-state index in [2.05, 4.69) is 20.3 Å². The van der Waals surface area contributed by atoms with E-state index >= 15 is 0 Å². The number of halogens is 1. The fourth-order valence-electron chi connectivity index (χ4n) is 4.51. The number of pyridine rings is 2. The van der Waals surface area contributed by atoms with Crippen LogP contribution >= 0.6 is 11.6 Å². The van der Waals surface area contributed by atoms with Crippen molar-refractivity contribution in [2.75, 3.05) is 5.32 Å². The number of nitrogens with zero attached hydrogens (tertiary/aromatic N) is 3. The molecule has 0 fully saturated rings. The average molecular weight is 549 g/mol. The minimum Gasteiger partial charge on any atom is -0.361 e. The largest absolute Gasteiger partial charge is 0.361 e. The van der Waals surface area contributed by atoms with Crippen LogP contribution in [0.15, 0.2) is 81.6 Å². The molecule has 0 unspecified atom stereocenters. The smallest absolute Gasteiger partial charge is 0.264 e. The predicted octanol–water partition coefficient (Wildman–Crippen LogP) is 5.26. The monoisotopic (exact) mass is 548 g/mol. The Labute approximate surface area is 223 Å². The SMILES string of the molecule is CC(C)[S@](=N)(=O)c1cccc2c(Cl)c([C@H](C)Nc3ncnc4[nH]ccc(=O)c34)n(-c3ccccc3)c(=O)c12. The first-order valence-electron chi connectivity index (χ1n) is 11.9. The highest BCUT2D eigenvalue weighted by molar-refractivity contribution is 7.93. The van der Waals surface area contributed by atoms with E-state index in [0.717, 1.165) is 0 Å². The van der Waals surface area contributed by atoms with Crippen LogP contribution in [0, 0.1) is 4.78 Å². The lowest BCUT2D eigenvalue weighted by Crippen LogP contribution is -2.28. The van der Waals surface area contributed by atoms with E-state index in [1.54, 1.807) is 56.3 Å². The third-order valence-electron chi connectivity index (χ3n) is 6.46. The van der Waals surface area contributed by atoms with Crippen LogP contribution in [0.1, 0.15) is 32.5 Å². The number of para-hydroxylation sites is 1. The van der Waals surface area contributed by atoms with Gasteiger partial charge in [-0.05, 0) is 39.0 Å². The van der Waals surface area contributed by atoms with Gasteiger partial charge in [0.05, 0.1) is 36.8 Å². The minimum absolute atomic E-state index is 0.148. The van der Waals surface area contributed by atoms with Crippen molar-refractivity contribution in [3.05, 3.63) is 98.4 Å². The number of benzene rings is 2. The second-order valence-electron chi connectivity index (χ2n) is 9.16. The molecule has 11 heteroatoms. The van der Waals surface area contributed by atoms with Crippen molar-refractivity contribution in [2.45, 2.75) is 37.0 Å². The van der Waals surface area contributed by atoms with Crippen LogP contribution in [-0.4, -0.2) is 29.0 Å². The fourth-order valence-corrected chi connectivity index (χ4v) is 6.20. The standard InChI is InChI=1S/C27H25ClN6O3S/c1-15(2)38(29,37)20-11-7-10-18-21(20)27(36)34(17-8-5-4-6-9-17)24(23(18)28)16(3)33-26-22-19(35)12-13-30-25(22)31-14-32-26/h4-16,29H,1-3H3,(H2,30,31,32,33,35)/t16-,38-/m0/s1. The fraction of sp³-hybridized carbons (Fsp3) is 0.185. The predicted molar refractivity (Wildman–Crippen MR) is 151 cm³/mol. The molecule has 5 aromatic rings.